The molecule has 1 aromatic heterocycles. The van der Waals surface area contributed by atoms with Crippen LogP contribution in [0.25, 0.3) is 0 Å². The van der Waals surface area contributed by atoms with Crippen molar-refractivity contribution in [3.63, 3.8) is 0 Å². The summed E-state index contributed by atoms with van der Waals surface area (Å²) in [5.74, 6) is 2.38. The van der Waals surface area contributed by atoms with E-state index in [0.717, 1.165) is 31.3 Å². The number of nitrogens with zero attached hydrogens (tertiary/aromatic N) is 3. The predicted molar refractivity (Wildman–Crippen MR) is 82.8 cm³/mol. The van der Waals surface area contributed by atoms with E-state index in [1.807, 2.05) is 4.68 Å². The molecule has 0 bridgehead atoms. The van der Waals surface area contributed by atoms with Gasteiger partial charge in [-0.15, -0.1) is 11.6 Å². The molecule has 1 heterocycles. The average molecular weight is 299 g/mol. The Hall–Kier alpha value is -0.610. The predicted octanol–water partition coefficient (Wildman–Crippen LogP) is 3.21. The molecular formula is C15H27ClN4. The highest BCUT2D eigenvalue weighted by Crippen LogP contribution is 2.36. The Morgan fingerprint density at radius 1 is 1.35 bits per heavy atom. The van der Waals surface area contributed by atoms with Crippen LogP contribution in [0.1, 0.15) is 51.8 Å². The first-order valence-electron chi connectivity index (χ1n) is 7.78. The summed E-state index contributed by atoms with van der Waals surface area (Å²) in [5.41, 5.74) is 0.294. The third-order valence-electron chi connectivity index (χ3n) is 4.21. The summed E-state index contributed by atoms with van der Waals surface area (Å²) in [7, 11) is 0. The molecule has 20 heavy (non-hydrogen) atoms. The summed E-state index contributed by atoms with van der Waals surface area (Å²) in [6, 6.07) is 0. The van der Waals surface area contributed by atoms with Gasteiger partial charge in [-0.25, -0.2) is 9.67 Å². The van der Waals surface area contributed by atoms with E-state index in [-0.39, 0.29) is 0 Å². The topological polar surface area (TPSA) is 42.7 Å². The fourth-order valence-electron chi connectivity index (χ4n) is 3.02. The molecule has 5 heteroatoms. The van der Waals surface area contributed by atoms with Gasteiger partial charge in [0, 0.05) is 19.0 Å². The van der Waals surface area contributed by atoms with Crippen LogP contribution in [-0.2, 0) is 13.1 Å². The lowest BCUT2D eigenvalue weighted by molar-refractivity contribution is 0.211. The van der Waals surface area contributed by atoms with Crippen molar-refractivity contribution in [3.8, 4) is 0 Å². The van der Waals surface area contributed by atoms with Crippen LogP contribution in [0.4, 0.5) is 0 Å². The van der Waals surface area contributed by atoms with E-state index in [2.05, 4.69) is 29.2 Å². The molecule has 0 unspecified atom stereocenters. The van der Waals surface area contributed by atoms with Crippen LogP contribution in [0.5, 0.6) is 0 Å². The molecule has 1 N–H and O–H groups in total. The van der Waals surface area contributed by atoms with Gasteiger partial charge >= 0.3 is 0 Å². The molecule has 1 saturated carbocycles. The van der Waals surface area contributed by atoms with E-state index in [1.54, 1.807) is 6.33 Å². The van der Waals surface area contributed by atoms with Crippen molar-refractivity contribution < 1.29 is 0 Å². The molecule has 0 aromatic carbocycles. The first-order valence-corrected chi connectivity index (χ1v) is 8.32. The van der Waals surface area contributed by atoms with Crippen LogP contribution in [0.15, 0.2) is 6.33 Å². The minimum absolute atomic E-state index is 0.294. The maximum Gasteiger partial charge on any atom is 0.140 e. The highest BCUT2D eigenvalue weighted by Gasteiger charge is 2.30. The Balaban J connectivity index is 1.84. The van der Waals surface area contributed by atoms with Crippen molar-refractivity contribution in [1.29, 1.82) is 0 Å². The molecular weight excluding hydrogens is 272 g/mol. The fraction of sp³-hybridized carbons (Fsp3) is 0.867. The summed E-state index contributed by atoms with van der Waals surface area (Å²) in [4.78, 5) is 4.36. The second-order valence-electron chi connectivity index (χ2n) is 6.55. The first kappa shape index (κ1) is 15.8. The van der Waals surface area contributed by atoms with Crippen molar-refractivity contribution in [3.05, 3.63) is 12.2 Å². The molecule has 1 aromatic rings. The van der Waals surface area contributed by atoms with Crippen molar-refractivity contribution in [1.82, 2.24) is 20.1 Å². The second-order valence-corrected chi connectivity index (χ2v) is 6.82. The molecule has 0 spiro atoms. The van der Waals surface area contributed by atoms with Crippen LogP contribution >= 0.6 is 11.6 Å². The van der Waals surface area contributed by atoms with Gasteiger partial charge in [0.25, 0.3) is 0 Å². The molecule has 0 aliphatic heterocycles. The molecule has 0 radical (unpaired) electrons. The molecule has 0 saturated heterocycles. The van der Waals surface area contributed by atoms with Crippen LogP contribution in [0.2, 0.25) is 0 Å². The van der Waals surface area contributed by atoms with Gasteiger partial charge in [-0.1, -0.05) is 33.1 Å². The van der Waals surface area contributed by atoms with E-state index in [9.17, 15) is 0 Å². The summed E-state index contributed by atoms with van der Waals surface area (Å²) >= 11 is 6.22. The number of rotatable bonds is 7. The standard InChI is InChI=1S/C15H27ClN4/c1-13(2)9-20-14(18-12-19-20)8-17-11-15(10-16)6-4-3-5-7-15/h12-13,17H,3-11H2,1-2H3. The largest absolute Gasteiger partial charge is 0.309 e. The van der Waals surface area contributed by atoms with Crippen LogP contribution in [0, 0.1) is 11.3 Å². The number of hydrogen-bond donors (Lipinski definition) is 1. The Morgan fingerprint density at radius 3 is 2.75 bits per heavy atom. The molecule has 0 atom stereocenters. The molecule has 1 aliphatic carbocycles. The van der Waals surface area contributed by atoms with Crippen molar-refractivity contribution in [2.45, 2.75) is 59.0 Å². The van der Waals surface area contributed by atoms with Crippen LogP contribution < -0.4 is 5.32 Å². The average Bonchev–Trinajstić information content (AvgIpc) is 2.86. The third kappa shape index (κ3) is 4.19. The van der Waals surface area contributed by atoms with Gasteiger partial charge in [-0.3, -0.25) is 0 Å². The molecule has 1 aliphatic rings. The van der Waals surface area contributed by atoms with Gasteiger partial charge in [0.1, 0.15) is 12.2 Å². The number of alkyl halides is 1. The number of nitrogens with one attached hydrogen (secondary N) is 1. The van der Waals surface area contributed by atoms with E-state index in [4.69, 9.17) is 11.6 Å². The van der Waals surface area contributed by atoms with E-state index < -0.39 is 0 Å². The van der Waals surface area contributed by atoms with Gasteiger partial charge in [0.15, 0.2) is 0 Å². The van der Waals surface area contributed by atoms with Gasteiger partial charge in [-0.2, -0.15) is 5.10 Å². The van der Waals surface area contributed by atoms with E-state index in [1.165, 1.54) is 32.1 Å². The normalized spacial score (nSPS) is 18.6. The third-order valence-corrected chi connectivity index (χ3v) is 4.78. The number of hydrogen-bond acceptors (Lipinski definition) is 3. The zero-order valence-corrected chi connectivity index (χ0v) is 13.5. The number of aromatic nitrogens is 3. The van der Waals surface area contributed by atoms with Gasteiger partial charge < -0.3 is 5.32 Å². The van der Waals surface area contributed by atoms with E-state index in [0.29, 0.717) is 11.3 Å². The minimum atomic E-state index is 0.294. The Labute approximate surface area is 127 Å². The van der Waals surface area contributed by atoms with Crippen LogP contribution in [-0.4, -0.2) is 27.2 Å². The molecule has 4 nitrogen and oxygen atoms in total. The monoisotopic (exact) mass is 298 g/mol. The highest BCUT2D eigenvalue weighted by molar-refractivity contribution is 6.18. The summed E-state index contributed by atoms with van der Waals surface area (Å²) in [6.07, 6.45) is 8.15. The van der Waals surface area contributed by atoms with Gasteiger partial charge in [0.2, 0.25) is 0 Å². The molecule has 114 valence electrons. The lowest BCUT2D eigenvalue weighted by Crippen LogP contribution is -2.37. The Bertz CT molecular complexity index is 396. The van der Waals surface area contributed by atoms with Crippen LogP contribution in [0.3, 0.4) is 0 Å². The zero-order chi connectivity index (χ0) is 14.4. The summed E-state index contributed by atoms with van der Waals surface area (Å²) < 4.78 is 2.01. The van der Waals surface area contributed by atoms with E-state index >= 15 is 0 Å². The molecule has 2 rings (SSSR count). The molecule has 0 amide bonds. The lowest BCUT2D eigenvalue weighted by Gasteiger charge is -2.35. The van der Waals surface area contributed by atoms with Crippen molar-refractivity contribution in [2.24, 2.45) is 11.3 Å². The minimum Gasteiger partial charge on any atom is -0.309 e. The van der Waals surface area contributed by atoms with Gasteiger partial charge in [-0.05, 0) is 24.2 Å². The van der Waals surface area contributed by atoms with Gasteiger partial charge in [0.05, 0.1) is 6.54 Å². The molecule has 1 fully saturated rings. The fourth-order valence-corrected chi connectivity index (χ4v) is 3.38. The SMILES string of the molecule is CC(C)Cn1ncnc1CNCC1(CCl)CCCCC1. The lowest BCUT2D eigenvalue weighted by atomic mass is 9.75. The quantitative estimate of drug-likeness (QED) is 0.786. The zero-order valence-electron chi connectivity index (χ0n) is 12.7. The van der Waals surface area contributed by atoms with Crippen molar-refractivity contribution in [2.75, 3.05) is 12.4 Å². The smallest absolute Gasteiger partial charge is 0.140 e. The van der Waals surface area contributed by atoms with Crippen molar-refractivity contribution >= 4 is 11.6 Å². The maximum atomic E-state index is 6.22. The summed E-state index contributed by atoms with van der Waals surface area (Å²) in [5, 5.41) is 7.85. The Morgan fingerprint density at radius 2 is 2.10 bits per heavy atom. The highest BCUT2D eigenvalue weighted by atomic mass is 35.5. The first-order chi connectivity index (χ1) is 9.65. The maximum absolute atomic E-state index is 6.22. The summed E-state index contributed by atoms with van der Waals surface area (Å²) in [6.45, 7) is 7.10. The Kier molecular flexibility index (Phi) is 5.85. The second kappa shape index (κ2) is 7.41. The number of halogens is 1.